The van der Waals surface area contributed by atoms with Gasteiger partial charge < -0.3 is 9.88 Å². The van der Waals surface area contributed by atoms with Crippen molar-refractivity contribution < 1.29 is 4.79 Å². The minimum Gasteiger partial charge on any atom is -0.330 e. The van der Waals surface area contributed by atoms with Crippen LogP contribution in [0.25, 0.3) is 11.0 Å². The van der Waals surface area contributed by atoms with Crippen LogP contribution in [0.5, 0.6) is 0 Å². The van der Waals surface area contributed by atoms with E-state index in [0.717, 1.165) is 31.7 Å². The summed E-state index contributed by atoms with van der Waals surface area (Å²) in [7, 11) is 0. The smallest absolute Gasteiger partial charge is 0.223 e. The van der Waals surface area contributed by atoms with Gasteiger partial charge in [-0.05, 0) is 37.4 Å². The van der Waals surface area contributed by atoms with Crippen LogP contribution in [-0.2, 0) is 17.9 Å². The van der Waals surface area contributed by atoms with Gasteiger partial charge in [-0.1, -0.05) is 12.1 Å². The van der Waals surface area contributed by atoms with Gasteiger partial charge in [-0.2, -0.15) is 0 Å². The summed E-state index contributed by atoms with van der Waals surface area (Å²) in [6, 6.07) is 8.32. The molecular weight excluding hydrogens is 346 g/mol. The lowest BCUT2D eigenvalue weighted by molar-refractivity contribution is -0.114. The molecule has 0 saturated carbocycles. The summed E-state index contributed by atoms with van der Waals surface area (Å²) >= 11 is 1.56. The van der Waals surface area contributed by atoms with E-state index >= 15 is 0 Å². The van der Waals surface area contributed by atoms with E-state index < -0.39 is 0 Å². The predicted octanol–water partition coefficient (Wildman–Crippen LogP) is 3.36. The second-order valence-electron chi connectivity index (χ2n) is 6.94. The van der Waals surface area contributed by atoms with Crippen molar-refractivity contribution in [3.8, 4) is 0 Å². The molecule has 0 aliphatic carbocycles. The molecule has 0 spiro atoms. The number of fused-ring (bicyclic) bond motifs is 1. The van der Waals surface area contributed by atoms with Gasteiger partial charge in [-0.15, -0.1) is 11.3 Å². The van der Waals surface area contributed by atoms with Gasteiger partial charge in [-0.25, -0.2) is 9.97 Å². The Morgan fingerprint density at radius 3 is 3.12 bits per heavy atom. The third kappa shape index (κ3) is 3.94. The summed E-state index contributed by atoms with van der Waals surface area (Å²) in [6.07, 6.45) is 6.31. The first-order valence-corrected chi connectivity index (χ1v) is 9.83. The van der Waals surface area contributed by atoms with Crippen LogP contribution in [0.1, 0.15) is 24.6 Å². The zero-order chi connectivity index (χ0) is 17.9. The van der Waals surface area contributed by atoms with Crippen LogP contribution in [0.2, 0.25) is 0 Å². The number of carbonyl (C=O) groups excluding carboxylic acids is 1. The number of likely N-dealkylation sites (tertiary alicyclic amines) is 1. The number of rotatable bonds is 5. The highest BCUT2D eigenvalue weighted by atomic mass is 32.1. The fourth-order valence-electron chi connectivity index (χ4n) is 3.69. The molecule has 3 aromatic rings. The third-order valence-electron chi connectivity index (χ3n) is 4.80. The summed E-state index contributed by atoms with van der Waals surface area (Å²) in [5, 5.41) is 3.44. The Hall–Kier alpha value is -2.25. The standard InChI is InChI=1S/C19H23N5OS/c1-14(25)22-19-20-9-16(26-19)12-23-8-4-5-15(10-23)11-24-13-21-17-6-2-3-7-18(17)24/h2-3,6-7,9,13,15H,4-5,8,10-12H2,1H3,(H,20,22,25). The topological polar surface area (TPSA) is 63.1 Å². The van der Waals surface area contributed by atoms with Crippen LogP contribution < -0.4 is 5.32 Å². The number of imidazole rings is 1. The van der Waals surface area contributed by atoms with Gasteiger partial charge in [0.2, 0.25) is 5.91 Å². The van der Waals surface area contributed by atoms with Crippen LogP contribution in [0, 0.1) is 5.92 Å². The van der Waals surface area contributed by atoms with E-state index in [-0.39, 0.29) is 5.91 Å². The molecule has 0 bridgehead atoms. The Morgan fingerprint density at radius 2 is 2.23 bits per heavy atom. The van der Waals surface area contributed by atoms with Crippen molar-refractivity contribution in [2.45, 2.75) is 32.9 Å². The Balaban J connectivity index is 1.38. The molecule has 4 rings (SSSR count). The van der Waals surface area contributed by atoms with E-state index in [1.165, 1.54) is 30.2 Å². The number of benzene rings is 1. The number of nitrogens with one attached hydrogen (secondary N) is 1. The molecule has 1 N–H and O–H groups in total. The lowest BCUT2D eigenvalue weighted by Gasteiger charge is -2.32. The first-order valence-electron chi connectivity index (χ1n) is 9.02. The molecule has 1 aromatic carbocycles. The van der Waals surface area contributed by atoms with Crippen LogP contribution in [0.4, 0.5) is 5.13 Å². The number of thiazole rings is 1. The monoisotopic (exact) mass is 369 g/mol. The number of hydrogen-bond donors (Lipinski definition) is 1. The Bertz CT molecular complexity index is 902. The number of piperidine rings is 1. The van der Waals surface area contributed by atoms with Gasteiger partial charge in [0, 0.05) is 37.6 Å². The minimum atomic E-state index is -0.0727. The maximum Gasteiger partial charge on any atom is 0.223 e. The van der Waals surface area contributed by atoms with Crippen LogP contribution in [0.15, 0.2) is 36.8 Å². The molecule has 136 valence electrons. The quantitative estimate of drug-likeness (QED) is 0.749. The molecule has 0 radical (unpaired) electrons. The number of nitrogens with zero attached hydrogens (tertiary/aromatic N) is 4. The lowest BCUT2D eigenvalue weighted by atomic mass is 9.98. The largest absolute Gasteiger partial charge is 0.330 e. The van der Waals surface area contributed by atoms with Crippen molar-refractivity contribution >= 4 is 33.4 Å². The van der Waals surface area contributed by atoms with Crippen LogP contribution in [-0.4, -0.2) is 38.4 Å². The van der Waals surface area contributed by atoms with Gasteiger partial charge in [0.1, 0.15) is 0 Å². The zero-order valence-electron chi connectivity index (χ0n) is 14.9. The molecule has 1 aliphatic heterocycles. The molecule has 1 aliphatic rings. The number of hydrogen-bond acceptors (Lipinski definition) is 5. The highest BCUT2D eigenvalue weighted by Gasteiger charge is 2.21. The molecular formula is C19H23N5OS. The third-order valence-corrected chi connectivity index (χ3v) is 5.70. The van der Waals surface area contributed by atoms with Crippen molar-refractivity contribution in [1.29, 1.82) is 0 Å². The molecule has 6 nitrogen and oxygen atoms in total. The lowest BCUT2D eigenvalue weighted by Crippen LogP contribution is -2.36. The number of para-hydroxylation sites is 2. The van der Waals surface area contributed by atoms with Gasteiger partial charge in [-0.3, -0.25) is 9.69 Å². The average molecular weight is 369 g/mol. The Labute approximate surface area is 156 Å². The number of anilines is 1. The van der Waals surface area contributed by atoms with Crippen LogP contribution >= 0.6 is 11.3 Å². The van der Waals surface area contributed by atoms with Crippen molar-refractivity contribution in [2.75, 3.05) is 18.4 Å². The van der Waals surface area contributed by atoms with Gasteiger partial charge in [0.15, 0.2) is 5.13 Å². The fourth-order valence-corrected chi connectivity index (χ4v) is 4.59. The maximum atomic E-state index is 11.1. The van der Waals surface area contributed by atoms with E-state index in [1.54, 1.807) is 11.3 Å². The summed E-state index contributed by atoms with van der Waals surface area (Å²) < 4.78 is 2.28. The molecule has 7 heteroatoms. The molecule has 1 unspecified atom stereocenters. The number of amides is 1. The highest BCUT2D eigenvalue weighted by molar-refractivity contribution is 7.15. The molecule has 1 fully saturated rings. The average Bonchev–Trinajstić information content (AvgIpc) is 3.22. The summed E-state index contributed by atoms with van der Waals surface area (Å²) in [5.74, 6) is 0.556. The number of aromatic nitrogens is 3. The van der Waals surface area contributed by atoms with Crippen molar-refractivity contribution in [1.82, 2.24) is 19.4 Å². The van der Waals surface area contributed by atoms with E-state index in [4.69, 9.17) is 0 Å². The fraction of sp³-hybridized carbons (Fsp3) is 0.421. The van der Waals surface area contributed by atoms with Gasteiger partial charge in [0.25, 0.3) is 0 Å². The second kappa shape index (κ2) is 7.55. The van der Waals surface area contributed by atoms with Crippen molar-refractivity contribution in [3.63, 3.8) is 0 Å². The molecule has 2 aromatic heterocycles. The maximum absolute atomic E-state index is 11.1. The molecule has 1 atom stereocenters. The predicted molar refractivity (Wildman–Crippen MR) is 104 cm³/mol. The van der Waals surface area contributed by atoms with Gasteiger partial charge in [0.05, 0.1) is 17.4 Å². The Morgan fingerprint density at radius 1 is 1.35 bits per heavy atom. The SMILES string of the molecule is CC(=O)Nc1ncc(CN2CCCC(Cn3cnc4ccccc43)C2)s1. The highest BCUT2D eigenvalue weighted by Crippen LogP contribution is 2.25. The molecule has 1 amide bonds. The first kappa shape index (κ1) is 17.2. The first-order chi connectivity index (χ1) is 12.7. The summed E-state index contributed by atoms with van der Waals surface area (Å²) in [4.78, 5) is 23.6. The minimum absolute atomic E-state index is 0.0727. The van der Waals surface area contributed by atoms with E-state index in [9.17, 15) is 4.79 Å². The van der Waals surface area contributed by atoms with Crippen molar-refractivity contribution in [3.05, 3.63) is 41.7 Å². The van der Waals surface area contributed by atoms with Gasteiger partial charge >= 0.3 is 0 Å². The Kier molecular flexibility index (Phi) is 4.99. The number of carbonyl (C=O) groups is 1. The molecule has 26 heavy (non-hydrogen) atoms. The van der Waals surface area contributed by atoms with E-state index in [0.29, 0.717) is 11.0 Å². The molecule has 3 heterocycles. The molecule has 1 saturated heterocycles. The van der Waals surface area contributed by atoms with Crippen LogP contribution in [0.3, 0.4) is 0 Å². The normalized spacial score (nSPS) is 18.3. The summed E-state index contributed by atoms with van der Waals surface area (Å²) in [5.41, 5.74) is 2.28. The zero-order valence-corrected chi connectivity index (χ0v) is 15.7. The van der Waals surface area contributed by atoms with Crippen molar-refractivity contribution in [2.24, 2.45) is 5.92 Å². The second-order valence-corrected chi connectivity index (χ2v) is 8.06. The summed E-state index contributed by atoms with van der Waals surface area (Å²) in [6.45, 7) is 5.62. The van der Waals surface area contributed by atoms with E-state index in [2.05, 4.69) is 43.0 Å². The van der Waals surface area contributed by atoms with E-state index in [1.807, 2.05) is 18.6 Å².